The Kier molecular flexibility index (Phi) is 13.5. The van der Waals surface area contributed by atoms with Gasteiger partial charge in [0.25, 0.3) is 0 Å². The van der Waals surface area contributed by atoms with Gasteiger partial charge in [-0.2, -0.15) is 0 Å². The molecule has 2 amide bonds. The number of carboxylic acid groups (broad SMARTS) is 2. The second kappa shape index (κ2) is 16.5. The average Bonchev–Trinajstić information content (AvgIpc) is 2.92. The Morgan fingerprint density at radius 1 is 0.634 bits per heavy atom. The van der Waals surface area contributed by atoms with Gasteiger partial charge in [-0.05, 0) is 87.8 Å². The van der Waals surface area contributed by atoms with Gasteiger partial charge in [0.15, 0.2) is 0 Å². The number of carboxylic acids is 2. The van der Waals surface area contributed by atoms with Crippen LogP contribution in [-0.2, 0) is 9.47 Å². The molecule has 4 N–H and O–H groups in total. The van der Waals surface area contributed by atoms with Crippen molar-refractivity contribution in [1.82, 2.24) is 0 Å². The van der Waals surface area contributed by atoms with Gasteiger partial charge < -0.3 is 39.5 Å². The van der Waals surface area contributed by atoms with Gasteiger partial charge in [-0.1, -0.05) is 12.8 Å². The Hall–Kier alpha value is -3.71. The quantitative estimate of drug-likeness (QED) is 0.291. The van der Waals surface area contributed by atoms with Crippen molar-refractivity contribution in [3.05, 3.63) is 47.5 Å². The van der Waals surface area contributed by atoms with E-state index in [1.807, 2.05) is 0 Å². The summed E-state index contributed by atoms with van der Waals surface area (Å²) in [7, 11) is 0. The van der Waals surface area contributed by atoms with Crippen LogP contribution in [-0.4, -0.2) is 69.6 Å². The average molecular weight is 581 g/mol. The number of hydrogen-bond acceptors (Lipinski definition) is 10. The van der Waals surface area contributed by atoms with Crippen LogP contribution in [0.2, 0.25) is 0 Å². The molecule has 12 nitrogen and oxygen atoms in total. The van der Waals surface area contributed by atoms with E-state index in [1.54, 1.807) is 0 Å². The summed E-state index contributed by atoms with van der Waals surface area (Å²) in [5.74, 6) is -3.83. The number of carbonyl (C=O) groups is 4. The predicted octanol–water partition coefficient (Wildman–Crippen LogP) is 2.89. The molecule has 0 radical (unpaired) electrons. The number of phenols is 2. The van der Waals surface area contributed by atoms with Gasteiger partial charge in [-0.15, -0.1) is 0 Å². The third-order valence-corrected chi connectivity index (χ3v) is 6.58. The summed E-state index contributed by atoms with van der Waals surface area (Å²) < 4.78 is 10.5. The molecule has 2 aromatic rings. The zero-order valence-corrected chi connectivity index (χ0v) is 24.0. The molecular formula is C28H32MgN2O10. The van der Waals surface area contributed by atoms with Crippen LogP contribution in [0.1, 0.15) is 84.9 Å². The Morgan fingerprint density at radius 3 is 1.29 bits per heavy atom. The first-order valence-corrected chi connectivity index (χ1v) is 13.2. The maximum atomic E-state index is 11.7. The van der Waals surface area contributed by atoms with Crippen LogP contribution in [0, 0.1) is 0 Å². The van der Waals surface area contributed by atoms with E-state index in [2.05, 4.69) is 10.6 Å². The molecular weight excluding hydrogens is 549 g/mol. The third kappa shape index (κ3) is 11.0. The smallest absolute Gasteiger partial charge is 0.545 e. The van der Waals surface area contributed by atoms with Crippen molar-refractivity contribution in [2.24, 2.45) is 0 Å². The molecule has 2 aliphatic rings. The normalized spacial score (nSPS) is 15.2. The number of aromatic carboxylic acids is 2. The predicted molar refractivity (Wildman–Crippen MR) is 145 cm³/mol. The van der Waals surface area contributed by atoms with E-state index in [-0.39, 0.29) is 57.8 Å². The number of aromatic hydroxyl groups is 2. The van der Waals surface area contributed by atoms with E-state index in [9.17, 15) is 39.6 Å². The van der Waals surface area contributed by atoms with Gasteiger partial charge in [-0.25, -0.2) is 9.59 Å². The van der Waals surface area contributed by atoms with E-state index in [4.69, 9.17) is 9.47 Å². The number of amides is 2. The summed E-state index contributed by atoms with van der Waals surface area (Å²) in [4.78, 5) is 44.9. The van der Waals surface area contributed by atoms with E-state index in [0.717, 1.165) is 76.3 Å². The van der Waals surface area contributed by atoms with Crippen LogP contribution in [0.25, 0.3) is 0 Å². The largest absolute Gasteiger partial charge is 2.00 e. The fourth-order valence-corrected chi connectivity index (χ4v) is 4.52. The molecule has 0 aromatic heterocycles. The fraction of sp³-hybridized carbons (Fsp3) is 0.429. The van der Waals surface area contributed by atoms with Crippen LogP contribution < -0.4 is 20.8 Å². The Labute approximate surface area is 253 Å². The fourth-order valence-electron chi connectivity index (χ4n) is 4.52. The van der Waals surface area contributed by atoms with Crippen molar-refractivity contribution in [3.8, 4) is 11.5 Å². The molecule has 0 atom stereocenters. The van der Waals surface area contributed by atoms with Gasteiger partial charge >= 0.3 is 35.2 Å². The first-order valence-electron chi connectivity index (χ1n) is 13.2. The van der Waals surface area contributed by atoms with Crippen LogP contribution in [0.5, 0.6) is 11.5 Å². The van der Waals surface area contributed by atoms with Crippen LogP contribution >= 0.6 is 0 Å². The molecule has 4 rings (SSSR count). The second-order valence-corrected chi connectivity index (χ2v) is 9.62. The topological polar surface area (TPSA) is 197 Å². The van der Waals surface area contributed by atoms with Crippen molar-refractivity contribution < 1.29 is 49.1 Å². The molecule has 0 bridgehead atoms. The Bertz CT molecular complexity index is 1120. The zero-order valence-electron chi connectivity index (χ0n) is 22.6. The zero-order chi connectivity index (χ0) is 29.1. The maximum absolute atomic E-state index is 11.7. The molecule has 0 spiro atoms. The minimum absolute atomic E-state index is 0. The number of nitrogens with one attached hydrogen (secondary N) is 2. The van der Waals surface area contributed by atoms with Gasteiger partial charge in [0.2, 0.25) is 0 Å². The standard InChI is InChI=1S/2C14H17NO5.Mg/c2*16-12-7-6-9(8-11(12)13(17)18)15-14(19)20-10-4-2-1-3-5-10;/h2*6-8,10,16H,1-5H2,(H,15,19)(H,17,18);/q;;+2/p-2. The van der Waals surface area contributed by atoms with Gasteiger partial charge in [-0.3, -0.25) is 10.6 Å². The van der Waals surface area contributed by atoms with E-state index >= 15 is 0 Å². The summed E-state index contributed by atoms with van der Waals surface area (Å²) in [5.41, 5.74) is -0.272. The van der Waals surface area contributed by atoms with Crippen molar-refractivity contribution in [3.63, 3.8) is 0 Å². The molecule has 216 valence electrons. The summed E-state index contributed by atoms with van der Waals surface area (Å²) in [6.07, 6.45) is 8.53. The minimum atomic E-state index is -1.51. The van der Waals surface area contributed by atoms with E-state index < -0.39 is 35.6 Å². The Morgan fingerprint density at radius 2 is 0.976 bits per heavy atom. The first kappa shape index (κ1) is 33.5. The molecule has 0 heterocycles. The van der Waals surface area contributed by atoms with Gasteiger partial charge in [0, 0.05) is 22.5 Å². The van der Waals surface area contributed by atoms with Crippen LogP contribution in [0.3, 0.4) is 0 Å². The summed E-state index contributed by atoms with van der Waals surface area (Å²) in [5, 5.41) is 45.1. The Balaban J connectivity index is 0.000000280. The molecule has 0 saturated heterocycles. The number of rotatable bonds is 6. The molecule has 2 saturated carbocycles. The van der Waals surface area contributed by atoms with Crippen molar-refractivity contribution in [2.45, 2.75) is 76.4 Å². The molecule has 0 aliphatic heterocycles. The molecule has 41 heavy (non-hydrogen) atoms. The minimum Gasteiger partial charge on any atom is -0.545 e. The maximum Gasteiger partial charge on any atom is 2.00 e. The van der Waals surface area contributed by atoms with Gasteiger partial charge in [0.1, 0.15) is 23.7 Å². The summed E-state index contributed by atoms with van der Waals surface area (Å²) in [6.45, 7) is 0. The molecule has 13 heteroatoms. The number of hydrogen-bond donors (Lipinski definition) is 4. The van der Waals surface area contributed by atoms with Crippen molar-refractivity contribution in [1.29, 1.82) is 0 Å². The number of benzene rings is 2. The molecule has 2 aromatic carbocycles. The van der Waals surface area contributed by atoms with Crippen molar-refractivity contribution >= 4 is 58.6 Å². The van der Waals surface area contributed by atoms with Crippen LogP contribution in [0.4, 0.5) is 21.0 Å². The molecule has 2 aliphatic carbocycles. The second-order valence-electron chi connectivity index (χ2n) is 9.62. The van der Waals surface area contributed by atoms with Gasteiger partial charge in [0.05, 0.1) is 11.9 Å². The van der Waals surface area contributed by atoms with Crippen molar-refractivity contribution in [2.75, 3.05) is 10.6 Å². The summed E-state index contributed by atoms with van der Waals surface area (Å²) >= 11 is 0. The molecule has 2 fully saturated rings. The van der Waals surface area contributed by atoms with E-state index in [1.165, 1.54) is 24.3 Å². The third-order valence-electron chi connectivity index (χ3n) is 6.58. The number of carbonyl (C=O) groups excluding carboxylic acids is 4. The molecule has 0 unspecified atom stereocenters. The first-order chi connectivity index (χ1) is 19.1. The summed E-state index contributed by atoms with van der Waals surface area (Å²) in [6, 6.07) is 7.41. The number of ether oxygens (including phenoxy) is 2. The monoisotopic (exact) mass is 580 g/mol. The number of anilines is 2. The van der Waals surface area contributed by atoms with Crippen LogP contribution in [0.15, 0.2) is 36.4 Å². The van der Waals surface area contributed by atoms with E-state index in [0.29, 0.717) is 0 Å². The SMILES string of the molecule is O=C(Nc1ccc(O)c(C(=O)[O-])c1)OC1CCCCC1.O=C(Nc1ccc(O)c(C(=O)[O-])c1)OC1CCCCC1.[Mg+2].